The summed E-state index contributed by atoms with van der Waals surface area (Å²) in [6.07, 6.45) is 0. The van der Waals surface area contributed by atoms with Crippen LogP contribution in [0.5, 0.6) is 0 Å². The fourth-order valence-electron chi connectivity index (χ4n) is 4.92. The van der Waals surface area contributed by atoms with E-state index in [0.717, 1.165) is 20.9 Å². The number of para-hydroxylation sites is 1. The van der Waals surface area contributed by atoms with Crippen LogP contribution in [0.15, 0.2) is 114 Å². The molecule has 6 heteroatoms. The number of carbonyl (C=O) groups excluding carboxylic acids is 2. The van der Waals surface area contributed by atoms with Crippen LogP contribution in [-0.2, 0) is 0 Å². The Kier molecular flexibility index (Phi) is 6.02. The molecule has 2 heterocycles. The lowest BCUT2D eigenvalue weighted by Crippen LogP contribution is -2.07. The van der Waals surface area contributed by atoms with Gasteiger partial charge in [0.1, 0.15) is 5.82 Å². The summed E-state index contributed by atoms with van der Waals surface area (Å²) < 4.78 is 0.823. The molecule has 2 aromatic heterocycles. The number of nitrogen functional groups attached to an aromatic ring is 1. The van der Waals surface area contributed by atoms with Crippen LogP contribution < -0.4 is 5.73 Å². The highest BCUT2D eigenvalue weighted by Crippen LogP contribution is 2.39. The number of aromatic amines is 2. The van der Waals surface area contributed by atoms with Crippen molar-refractivity contribution in [3.63, 3.8) is 0 Å². The monoisotopic (exact) mass is 559 g/mol. The van der Waals surface area contributed by atoms with Crippen molar-refractivity contribution < 1.29 is 9.59 Å². The highest BCUT2D eigenvalue weighted by atomic mass is 79.9. The number of aromatic nitrogens is 2. The van der Waals surface area contributed by atoms with Crippen LogP contribution in [0.1, 0.15) is 32.0 Å². The predicted octanol–water partition coefficient (Wildman–Crippen LogP) is 7.64. The largest absolute Gasteiger partial charge is 0.385 e. The highest BCUT2D eigenvalue weighted by Gasteiger charge is 2.31. The van der Waals surface area contributed by atoms with Crippen molar-refractivity contribution in [2.24, 2.45) is 0 Å². The van der Waals surface area contributed by atoms with Crippen molar-refractivity contribution in [2.75, 3.05) is 5.73 Å². The molecular formula is C32H22BrN3O2. The Balaban J connectivity index is 1.63. The van der Waals surface area contributed by atoms with E-state index in [0.29, 0.717) is 27.9 Å². The van der Waals surface area contributed by atoms with Gasteiger partial charge in [0.2, 0.25) is 5.78 Å². The third kappa shape index (κ3) is 4.05. The van der Waals surface area contributed by atoms with Crippen molar-refractivity contribution in [3.05, 3.63) is 136 Å². The fourth-order valence-corrected chi connectivity index (χ4v) is 5.32. The second-order valence-corrected chi connectivity index (χ2v) is 9.90. The van der Waals surface area contributed by atoms with E-state index >= 15 is 0 Å². The van der Waals surface area contributed by atoms with Crippen LogP contribution in [0.25, 0.3) is 33.3 Å². The van der Waals surface area contributed by atoms with Gasteiger partial charge in [-0.2, -0.15) is 0 Å². The minimum Gasteiger partial charge on any atom is -0.385 e. The Morgan fingerprint density at radius 1 is 0.658 bits per heavy atom. The lowest BCUT2D eigenvalue weighted by atomic mass is 9.91. The molecule has 38 heavy (non-hydrogen) atoms. The van der Waals surface area contributed by atoms with Crippen molar-refractivity contribution >= 4 is 44.2 Å². The van der Waals surface area contributed by atoms with E-state index in [1.165, 1.54) is 0 Å². The van der Waals surface area contributed by atoms with Crippen molar-refractivity contribution in [1.29, 1.82) is 0 Å². The summed E-state index contributed by atoms with van der Waals surface area (Å²) >= 11 is 3.53. The number of benzene rings is 4. The third-order valence-electron chi connectivity index (χ3n) is 6.63. The molecule has 0 saturated carbocycles. The van der Waals surface area contributed by atoms with Crippen molar-refractivity contribution in [3.8, 4) is 22.4 Å². The van der Waals surface area contributed by atoms with E-state index in [1.807, 2.05) is 97.1 Å². The lowest BCUT2D eigenvalue weighted by molar-refractivity contribution is 0.103. The van der Waals surface area contributed by atoms with Gasteiger partial charge < -0.3 is 15.7 Å². The van der Waals surface area contributed by atoms with Crippen LogP contribution in [0, 0.1) is 0 Å². The Morgan fingerprint density at radius 2 is 1.32 bits per heavy atom. The molecule has 0 aliphatic carbocycles. The molecule has 4 aromatic carbocycles. The summed E-state index contributed by atoms with van der Waals surface area (Å²) in [5, 5.41) is 0.785. The standard InChI is InChI=1S/C32H22BrN3O2/c33-22-15-9-14-21(18-22)25-27(32(34)36-29(25)30(37)20-12-5-2-6-13-20)31(38)26-23-16-7-8-17-24(23)35-28(26)19-10-3-1-4-11-19/h1-18,35-36H,34H2. The molecule has 0 unspecified atom stereocenters. The molecule has 0 saturated heterocycles. The second-order valence-electron chi connectivity index (χ2n) is 8.98. The van der Waals surface area contributed by atoms with E-state index in [-0.39, 0.29) is 28.6 Å². The van der Waals surface area contributed by atoms with Gasteiger partial charge in [-0.15, -0.1) is 0 Å². The summed E-state index contributed by atoms with van der Waals surface area (Å²) in [5.74, 6) is -0.362. The maximum absolute atomic E-state index is 14.5. The number of ketones is 2. The molecule has 0 spiro atoms. The molecule has 184 valence electrons. The second kappa shape index (κ2) is 9.65. The summed E-state index contributed by atoms with van der Waals surface area (Å²) in [5.41, 5.74) is 11.7. The molecule has 0 atom stereocenters. The number of H-pyrrole nitrogens is 2. The van der Waals surface area contributed by atoms with Gasteiger partial charge in [0.05, 0.1) is 22.5 Å². The van der Waals surface area contributed by atoms with Gasteiger partial charge in [-0.1, -0.05) is 107 Å². The van der Waals surface area contributed by atoms with E-state index in [4.69, 9.17) is 5.73 Å². The summed E-state index contributed by atoms with van der Waals surface area (Å²) in [7, 11) is 0. The molecule has 0 amide bonds. The predicted molar refractivity (Wildman–Crippen MR) is 155 cm³/mol. The van der Waals surface area contributed by atoms with E-state index in [1.54, 1.807) is 12.1 Å². The zero-order valence-corrected chi connectivity index (χ0v) is 21.8. The zero-order valence-electron chi connectivity index (χ0n) is 20.2. The summed E-state index contributed by atoms with van der Waals surface area (Å²) in [6.45, 7) is 0. The molecule has 0 fully saturated rings. The highest BCUT2D eigenvalue weighted by molar-refractivity contribution is 9.10. The maximum Gasteiger partial charge on any atom is 0.209 e. The molecule has 0 aliphatic heterocycles. The van der Waals surface area contributed by atoms with Gasteiger partial charge in [-0.25, -0.2) is 0 Å². The fraction of sp³-hybridized carbons (Fsp3) is 0. The van der Waals surface area contributed by atoms with Crippen LogP contribution >= 0.6 is 15.9 Å². The number of fused-ring (bicyclic) bond motifs is 1. The number of carbonyl (C=O) groups is 2. The number of rotatable bonds is 6. The molecule has 0 radical (unpaired) electrons. The molecule has 6 aromatic rings. The Labute approximate surface area is 227 Å². The van der Waals surface area contributed by atoms with Crippen molar-refractivity contribution in [2.45, 2.75) is 0 Å². The van der Waals surface area contributed by atoms with Gasteiger partial charge in [-0.05, 0) is 29.3 Å². The van der Waals surface area contributed by atoms with E-state index < -0.39 is 0 Å². The first kappa shape index (κ1) is 23.7. The number of nitrogens with one attached hydrogen (secondary N) is 2. The first-order chi connectivity index (χ1) is 18.5. The number of nitrogens with two attached hydrogens (primary N) is 1. The zero-order chi connectivity index (χ0) is 26.2. The van der Waals surface area contributed by atoms with Crippen LogP contribution in [0.2, 0.25) is 0 Å². The maximum atomic E-state index is 14.5. The molecule has 6 rings (SSSR count). The van der Waals surface area contributed by atoms with E-state index in [2.05, 4.69) is 25.9 Å². The number of hydrogen-bond acceptors (Lipinski definition) is 3. The first-order valence-electron chi connectivity index (χ1n) is 12.1. The topological polar surface area (TPSA) is 91.7 Å². The summed E-state index contributed by atoms with van der Waals surface area (Å²) in [6, 6.07) is 33.9. The van der Waals surface area contributed by atoms with Gasteiger partial charge in [0.25, 0.3) is 0 Å². The third-order valence-corrected chi connectivity index (χ3v) is 7.12. The number of hydrogen-bond donors (Lipinski definition) is 3. The van der Waals surface area contributed by atoms with Crippen molar-refractivity contribution in [1.82, 2.24) is 9.97 Å². The minimum absolute atomic E-state index is 0.147. The minimum atomic E-state index is -0.267. The van der Waals surface area contributed by atoms with Gasteiger partial charge in [0, 0.05) is 26.5 Å². The molecule has 4 N–H and O–H groups in total. The van der Waals surface area contributed by atoms with Crippen LogP contribution in [0.4, 0.5) is 5.82 Å². The molecule has 5 nitrogen and oxygen atoms in total. The van der Waals surface area contributed by atoms with Gasteiger partial charge in [-0.3, -0.25) is 9.59 Å². The Bertz CT molecular complexity index is 1820. The van der Waals surface area contributed by atoms with Gasteiger partial charge >= 0.3 is 0 Å². The summed E-state index contributed by atoms with van der Waals surface area (Å²) in [4.78, 5) is 34.7. The SMILES string of the molecule is Nc1[nH]c(C(=O)c2ccccc2)c(-c2cccc(Br)c2)c1C(=O)c1c(-c2ccccc2)[nH]c2ccccc12. The van der Waals surface area contributed by atoms with Gasteiger partial charge in [0.15, 0.2) is 5.78 Å². The van der Waals surface area contributed by atoms with Crippen LogP contribution in [0.3, 0.4) is 0 Å². The van der Waals surface area contributed by atoms with Crippen LogP contribution in [-0.4, -0.2) is 21.5 Å². The molecular weight excluding hydrogens is 538 g/mol. The average molecular weight is 560 g/mol. The normalized spacial score (nSPS) is 11.1. The Hall–Kier alpha value is -4.68. The average Bonchev–Trinajstić information content (AvgIpc) is 3.51. The lowest BCUT2D eigenvalue weighted by Gasteiger charge is -2.10. The molecule has 0 bridgehead atoms. The first-order valence-corrected chi connectivity index (χ1v) is 12.9. The van der Waals surface area contributed by atoms with E-state index in [9.17, 15) is 9.59 Å². The molecule has 0 aliphatic rings. The quantitative estimate of drug-likeness (QED) is 0.183. The smallest absolute Gasteiger partial charge is 0.209 e. The Morgan fingerprint density at radius 3 is 2.05 bits per heavy atom. The number of halogens is 1. The number of anilines is 1.